The molecule has 1 N–H and O–H groups in total. The molecule has 1 amide bonds. The summed E-state index contributed by atoms with van der Waals surface area (Å²) in [6, 6.07) is 16.6. The van der Waals surface area contributed by atoms with E-state index in [1.165, 1.54) is 0 Å². The highest BCUT2D eigenvalue weighted by Gasteiger charge is 2.08. The molecule has 0 aliphatic rings. The van der Waals surface area contributed by atoms with Gasteiger partial charge in [-0.3, -0.25) is 9.20 Å². The van der Waals surface area contributed by atoms with Crippen LogP contribution in [0.3, 0.4) is 0 Å². The number of carbonyl (C=O) groups is 1. The number of rotatable bonds is 5. The second-order valence-electron chi connectivity index (χ2n) is 6.06. The van der Waals surface area contributed by atoms with Crippen molar-refractivity contribution < 1.29 is 4.79 Å². The fraction of sp³-hybridized carbons (Fsp3) is 0.0500. The van der Waals surface area contributed by atoms with Crippen LogP contribution < -0.4 is 5.32 Å². The quantitative estimate of drug-likeness (QED) is 0.421. The molecule has 4 aromatic rings. The Morgan fingerprint density at radius 3 is 2.71 bits per heavy atom. The van der Waals surface area contributed by atoms with Gasteiger partial charge in [0.15, 0.2) is 5.65 Å². The number of nitrogens with zero attached hydrogens (tertiary/aromatic N) is 3. The molecule has 0 radical (unpaired) electrons. The highest BCUT2D eigenvalue weighted by atomic mass is 35.5. The molecule has 0 bridgehead atoms. The van der Waals surface area contributed by atoms with Crippen LogP contribution in [0.25, 0.3) is 5.65 Å². The smallest absolute Gasteiger partial charge is 0.255 e. The van der Waals surface area contributed by atoms with Gasteiger partial charge in [0.1, 0.15) is 6.33 Å². The summed E-state index contributed by atoms with van der Waals surface area (Å²) in [5.41, 5.74) is 3.01. The first-order chi connectivity index (χ1) is 13.6. The molecule has 140 valence electrons. The third-order valence-corrected chi connectivity index (χ3v) is 5.46. The zero-order valence-corrected chi connectivity index (χ0v) is 16.8. The lowest BCUT2D eigenvalue weighted by atomic mass is 10.1. The van der Waals surface area contributed by atoms with Crippen molar-refractivity contribution in [3.05, 3.63) is 88.3 Å². The fourth-order valence-electron chi connectivity index (χ4n) is 2.69. The highest BCUT2D eigenvalue weighted by Crippen LogP contribution is 2.29. The van der Waals surface area contributed by atoms with Crippen molar-refractivity contribution in [1.29, 1.82) is 0 Å². The molecular formula is C20H14Cl2N4OS. The van der Waals surface area contributed by atoms with Crippen molar-refractivity contribution in [2.75, 3.05) is 5.32 Å². The van der Waals surface area contributed by atoms with Crippen molar-refractivity contribution in [3.63, 3.8) is 0 Å². The third-order valence-electron chi connectivity index (χ3n) is 3.98. The monoisotopic (exact) mass is 428 g/mol. The Kier molecular flexibility index (Phi) is 5.52. The maximum Gasteiger partial charge on any atom is 0.255 e. The Morgan fingerprint density at radius 2 is 1.89 bits per heavy atom. The number of fused-ring (bicyclic) bond motifs is 1. The van der Waals surface area contributed by atoms with Gasteiger partial charge in [-0.05, 0) is 48.0 Å². The Morgan fingerprint density at radius 1 is 1.07 bits per heavy atom. The van der Waals surface area contributed by atoms with Crippen molar-refractivity contribution in [1.82, 2.24) is 14.6 Å². The zero-order chi connectivity index (χ0) is 19.5. The minimum Gasteiger partial charge on any atom is -0.321 e. The number of amides is 1. The lowest BCUT2D eigenvalue weighted by Crippen LogP contribution is -2.12. The Hall–Kier alpha value is -2.54. The van der Waals surface area contributed by atoms with Gasteiger partial charge in [0.2, 0.25) is 0 Å². The molecule has 2 aromatic heterocycles. The molecule has 28 heavy (non-hydrogen) atoms. The van der Waals surface area contributed by atoms with Gasteiger partial charge in [0.05, 0.1) is 5.69 Å². The molecule has 0 aliphatic carbocycles. The standard InChI is InChI=1S/C20H14Cl2N4OS/c21-15-7-16(22)9-18(8-15)28-11-13-2-1-3-14(6-13)20(27)24-17-4-5-19-25-23-12-26(19)10-17/h1-10,12H,11H2,(H,24,27). The SMILES string of the molecule is O=C(Nc1ccc2nncn2c1)c1cccc(CSc2cc(Cl)cc(Cl)c2)c1. The number of benzene rings is 2. The first-order valence-corrected chi connectivity index (χ1v) is 10.1. The molecule has 0 unspecified atom stereocenters. The molecule has 2 aromatic carbocycles. The topological polar surface area (TPSA) is 59.3 Å². The van der Waals surface area contributed by atoms with Gasteiger partial charge < -0.3 is 5.32 Å². The zero-order valence-electron chi connectivity index (χ0n) is 14.5. The number of carbonyl (C=O) groups excluding carboxylic acids is 1. The van der Waals surface area contributed by atoms with Crippen LogP contribution in [-0.2, 0) is 5.75 Å². The summed E-state index contributed by atoms with van der Waals surface area (Å²) in [5, 5.41) is 11.9. The minimum atomic E-state index is -0.176. The second kappa shape index (κ2) is 8.22. The number of nitrogens with one attached hydrogen (secondary N) is 1. The normalized spacial score (nSPS) is 10.9. The number of hydrogen-bond donors (Lipinski definition) is 1. The predicted octanol–water partition coefficient (Wildman–Crippen LogP) is 5.58. The lowest BCUT2D eigenvalue weighted by Gasteiger charge is -2.08. The first kappa shape index (κ1) is 18.8. The summed E-state index contributed by atoms with van der Waals surface area (Å²) < 4.78 is 1.75. The molecule has 0 saturated carbocycles. The van der Waals surface area contributed by atoms with Gasteiger partial charge in [-0.15, -0.1) is 22.0 Å². The van der Waals surface area contributed by atoms with E-state index < -0.39 is 0 Å². The molecule has 0 spiro atoms. The number of pyridine rings is 1. The largest absolute Gasteiger partial charge is 0.321 e. The molecular weight excluding hydrogens is 415 g/mol. The molecule has 0 saturated heterocycles. The van der Waals surface area contributed by atoms with Gasteiger partial charge in [0, 0.05) is 32.5 Å². The number of halogens is 2. The summed E-state index contributed by atoms with van der Waals surface area (Å²) >= 11 is 13.7. The van der Waals surface area contributed by atoms with Crippen LogP contribution in [0.15, 0.2) is 72.0 Å². The number of thioether (sulfide) groups is 1. The number of aromatic nitrogens is 3. The van der Waals surface area contributed by atoms with Crippen LogP contribution in [0.2, 0.25) is 10.0 Å². The van der Waals surface area contributed by atoms with Crippen LogP contribution in [0.5, 0.6) is 0 Å². The summed E-state index contributed by atoms with van der Waals surface area (Å²) in [7, 11) is 0. The lowest BCUT2D eigenvalue weighted by molar-refractivity contribution is 0.102. The average molecular weight is 429 g/mol. The minimum absolute atomic E-state index is 0.176. The fourth-order valence-corrected chi connectivity index (χ4v) is 4.27. The molecule has 4 rings (SSSR count). The van der Waals surface area contributed by atoms with Crippen LogP contribution >= 0.6 is 35.0 Å². The molecule has 5 nitrogen and oxygen atoms in total. The van der Waals surface area contributed by atoms with Crippen LogP contribution in [0, 0.1) is 0 Å². The van der Waals surface area contributed by atoms with E-state index in [9.17, 15) is 4.79 Å². The maximum atomic E-state index is 12.6. The van der Waals surface area contributed by atoms with Crippen molar-refractivity contribution in [2.45, 2.75) is 10.6 Å². The number of anilines is 1. The number of hydrogen-bond acceptors (Lipinski definition) is 4. The van der Waals surface area contributed by atoms with E-state index >= 15 is 0 Å². The van der Waals surface area contributed by atoms with Crippen LogP contribution in [-0.4, -0.2) is 20.5 Å². The van der Waals surface area contributed by atoms with Crippen LogP contribution in [0.4, 0.5) is 5.69 Å². The van der Waals surface area contributed by atoms with Gasteiger partial charge >= 0.3 is 0 Å². The van der Waals surface area contributed by atoms with E-state index in [-0.39, 0.29) is 5.91 Å². The predicted molar refractivity (Wildman–Crippen MR) is 113 cm³/mol. The molecule has 0 fully saturated rings. The highest BCUT2D eigenvalue weighted by molar-refractivity contribution is 7.98. The first-order valence-electron chi connectivity index (χ1n) is 8.35. The van der Waals surface area contributed by atoms with Crippen LogP contribution in [0.1, 0.15) is 15.9 Å². The van der Waals surface area contributed by atoms with Crippen molar-refractivity contribution >= 4 is 52.2 Å². The van der Waals surface area contributed by atoms with E-state index in [4.69, 9.17) is 23.2 Å². The molecule has 8 heteroatoms. The van der Waals surface area contributed by atoms with Gasteiger partial charge in [-0.25, -0.2) is 0 Å². The van der Waals surface area contributed by atoms with Gasteiger partial charge in [0.25, 0.3) is 5.91 Å². The molecule has 2 heterocycles. The van der Waals surface area contributed by atoms with E-state index in [1.54, 1.807) is 53.0 Å². The maximum absolute atomic E-state index is 12.6. The summed E-state index contributed by atoms with van der Waals surface area (Å²) in [4.78, 5) is 13.6. The van der Waals surface area contributed by atoms with Crippen molar-refractivity contribution in [2.24, 2.45) is 0 Å². The van der Waals surface area contributed by atoms with E-state index in [0.29, 0.717) is 27.0 Å². The Balaban J connectivity index is 1.45. The Bertz CT molecular complexity index is 1140. The Labute approximate surface area is 175 Å². The molecule has 0 aliphatic heterocycles. The van der Waals surface area contributed by atoms with E-state index in [0.717, 1.165) is 16.1 Å². The van der Waals surface area contributed by atoms with Gasteiger partial charge in [-0.1, -0.05) is 35.3 Å². The molecule has 0 atom stereocenters. The summed E-state index contributed by atoms with van der Waals surface area (Å²) in [6.07, 6.45) is 3.36. The second-order valence-corrected chi connectivity index (χ2v) is 7.98. The summed E-state index contributed by atoms with van der Waals surface area (Å²) in [5.74, 6) is 0.523. The summed E-state index contributed by atoms with van der Waals surface area (Å²) in [6.45, 7) is 0. The average Bonchev–Trinajstić information content (AvgIpc) is 3.14. The van der Waals surface area contributed by atoms with Crippen molar-refractivity contribution in [3.8, 4) is 0 Å². The van der Waals surface area contributed by atoms with Gasteiger partial charge in [-0.2, -0.15) is 0 Å². The van der Waals surface area contributed by atoms with E-state index in [2.05, 4.69) is 15.5 Å². The van der Waals surface area contributed by atoms with E-state index in [1.807, 2.05) is 30.3 Å². The third kappa shape index (κ3) is 4.47.